The smallest absolute Gasteiger partial charge is 0.257 e. The summed E-state index contributed by atoms with van der Waals surface area (Å²) in [5.41, 5.74) is 5.20. The number of piperidine rings is 1. The molecule has 2 aromatic heterocycles. The minimum atomic E-state index is 0.0415. The van der Waals surface area contributed by atoms with Crippen molar-refractivity contribution in [3.8, 4) is 0 Å². The average molecular weight is 389 g/mol. The van der Waals surface area contributed by atoms with Crippen LogP contribution in [0.4, 0.5) is 11.4 Å². The highest BCUT2D eigenvalue weighted by Crippen LogP contribution is 2.31. The van der Waals surface area contributed by atoms with Gasteiger partial charge >= 0.3 is 0 Å². The van der Waals surface area contributed by atoms with E-state index in [1.54, 1.807) is 6.20 Å². The number of fused-ring (bicyclic) bond motifs is 1. The highest BCUT2D eigenvalue weighted by atomic mass is 16.2. The second-order valence-corrected chi connectivity index (χ2v) is 7.89. The largest absolute Gasteiger partial charge is 0.354 e. The van der Waals surface area contributed by atoms with Crippen LogP contribution in [0.2, 0.25) is 0 Å². The number of benzene rings is 1. The summed E-state index contributed by atoms with van der Waals surface area (Å²) in [7, 11) is 0. The first-order valence-corrected chi connectivity index (χ1v) is 10.5. The van der Waals surface area contributed by atoms with Gasteiger partial charge in [0.15, 0.2) is 5.65 Å². The highest BCUT2D eigenvalue weighted by molar-refractivity contribution is 6.07. The summed E-state index contributed by atoms with van der Waals surface area (Å²) in [4.78, 5) is 24.5. The van der Waals surface area contributed by atoms with Crippen LogP contribution in [0.25, 0.3) is 11.0 Å². The lowest BCUT2D eigenvalue weighted by atomic mass is 10.0. The van der Waals surface area contributed by atoms with E-state index in [4.69, 9.17) is 0 Å². The maximum atomic E-state index is 13.5. The monoisotopic (exact) mass is 388 g/mol. The molecule has 29 heavy (non-hydrogen) atoms. The van der Waals surface area contributed by atoms with Crippen LogP contribution in [0.3, 0.4) is 0 Å². The van der Waals surface area contributed by atoms with Crippen molar-refractivity contribution in [2.45, 2.75) is 52.5 Å². The van der Waals surface area contributed by atoms with E-state index in [2.05, 4.69) is 53.4 Å². The molecule has 1 saturated heterocycles. The summed E-state index contributed by atoms with van der Waals surface area (Å²) in [6.45, 7) is 7.03. The number of likely N-dealkylation sites (tertiary alicyclic amines) is 1. The van der Waals surface area contributed by atoms with E-state index in [9.17, 15) is 4.79 Å². The van der Waals surface area contributed by atoms with Gasteiger partial charge < -0.3 is 10.2 Å². The minimum Gasteiger partial charge on any atom is -0.354 e. The van der Waals surface area contributed by atoms with Gasteiger partial charge in [0.2, 0.25) is 0 Å². The number of aryl methyl sites for hydroxylation is 2. The zero-order valence-electron chi connectivity index (χ0n) is 17.4. The lowest BCUT2D eigenvalue weighted by Gasteiger charge is -2.34. The number of nitrogens with zero attached hydrogens (tertiary/aromatic N) is 3. The minimum absolute atomic E-state index is 0.0415. The summed E-state index contributed by atoms with van der Waals surface area (Å²) < 4.78 is 0. The molecule has 0 bridgehead atoms. The number of rotatable bonds is 4. The maximum Gasteiger partial charge on any atom is 0.257 e. The fraction of sp³-hybridized carbons (Fsp3) is 0.375. The zero-order chi connectivity index (χ0) is 20.4. The molecule has 5 heteroatoms. The van der Waals surface area contributed by atoms with Crippen LogP contribution in [0.15, 0.2) is 42.6 Å². The first kappa shape index (κ1) is 19.4. The zero-order valence-corrected chi connectivity index (χ0v) is 17.4. The van der Waals surface area contributed by atoms with Gasteiger partial charge in [-0.05, 0) is 69.4 Å². The van der Waals surface area contributed by atoms with Crippen LogP contribution >= 0.6 is 0 Å². The third-order valence-electron chi connectivity index (χ3n) is 5.79. The number of aromatic nitrogens is 2. The summed E-state index contributed by atoms with van der Waals surface area (Å²) in [5.74, 6) is 0.0415. The van der Waals surface area contributed by atoms with Crippen molar-refractivity contribution >= 4 is 28.3 Å². The van der Waals surface area contributed by atoms with E-state index < -0.39 is 0 Å². The Hall–Kier alpha value is -2.95. The van der Waals surface area contributed by atoms with Crippen molar-refractivity contribution in [2.24, 2.45) is 0 Å². The van der Waals surface area contributed by atoms with Crippen LogP contribution in [0, 0.1) is 6.92 Å². The molecule has 3 heterocycles. The van der Waals surface area contributed by atoms with Gasteiger partial charge in [-0.2, -0.15) is 0 Å². The molecule has 1 N–H and O–H groups in total. The summed E-state index contributed by atoms with van der Waals surface area (Å²) in [5, 5.41) is 4.36. The van der Waals surface area contributed by atoms with Crippen LogP contribution in [-0.2, 0) is 6.42 Å². The summed E-state index contributed by atoms with van der Waals surface area (Å²) in [6, 6.07) is 12.6. The van der Waals surface area contributed by atoms with Gasteiger partial charge in [0.25, 0.3) is 5.91 Å². The Morgan fingerprint density at radius 2 is 1.97 bits per heavy atom. The molecule has 1 amide bonds. The van der Waals surface area contributed by atoms with E-state index in [0.29, 0.717) is 11.2 Å². The van der Waals surface area contributed by atoms with Crippen LogP contribution in [0.1, 0.15) is 54.7 Å². The highest BCUT2D eigenvalue weighted by Gasteiger charge is 2.27. The van der Waals surface area contributed by atoms with Crippen LogP contribution in [-0.4, -0.2) is 33.4 Å². The molecular weight excluding hydrogens is 360 g/mol. The van der Waals surface area contributed by atoms with Crippen molar-refractivity contribution in [1.29, 1.82) is 0 Å². The molecule has 1 aliphatic rings. The maximum absolute atomic E-state index is 13.5. The Kier molecular flexibility index (Phi) is 5.47. The molecule has 0 aliphatic carbocycles. The fourth-order valence-electron chi connectivity index (χ4n) is 3.99. The molecule has 3 aromatic rings. The summed E-state index contributed by atoms with van der Waals surface area (Å²) >= 11 is 0. The molecule has 4 rings (SSSR count). The average Bonchev–Trinajstić information content (AvgIpc) is 2.74. The summed E-state index contributed by atoms with van der Waals surface area (Å²) in [6.07, 6.45) is 5.96. The standard InChI is InChI=1S/C24H28N4O/c1-4-18-9-11-19(12-10-18)27-22-20-13-8-16(2)26-23(20)25-15-21(22)24(29)28-14-6-5-7-17(28)3/h8-13,15,17H,4-7,14H2,1-3H3,(H,25,26,27). The molecule has 1 fully saturated rings. The first-order chi connectivity index (χ1) is 14.1. The Balaban J connectivity index is 1.79. The van der Waals surface area contributed by atoms with Gasteiger partial charge in [0.05, 0.1) is 11.3 Å². The van der Waals surface area contributed by atoms with Gasteiger partial charge in [-0.25, -0.2) is 9.97 Å². The van der Waals surface area contributed by atoms with Crippen molar-refractivity contribution in [3.05, 3.63) is 59.4 Å². The van der Waals surface area contributed by atoms with Gasteiger partial charge in [-0.15, -0.1) is 0 Å². The number of pyridine rings is 2. The van der Waals surface area contributed by atoms with Gasteiger partial charge in [-0.1, -0.05) is 19.1 Å². The van der Waals surface area contributed by atoms with E-state index in [1.165, 1.54) is 12.0 Å². The molecule has 1 atom stereocenters. The lowest BCUT2D eigenvalue weighted by molar-refractivity contribution is 0.0636. The predicted molar refractivity (Wildman–Crippen MR) is 118 cm³/mol. The lowest BCUT2D eigenvalue weighted by Crippen LogP contribution is -2.42. The van der Waals surface area contributed by atoms with E-state index in [1.807, 2.05) is 24.0 Å². The van der Waals surface area contributed by atoms with Crippen molar-refractivity contribution in [2.75, 3.05) is 11.9 Å². The number of anilines is 2. The van der Waals surface area contributed by atoms with Gasteiger partial charge in [0.1, 0.15) is 0 Å². The van der Waals surface area contributed by atoms with Gasteiger partial charge in [0, 0.05) is 35.6 Å². The third-order valence-corrected chi connectivity index (χ3v) is 5.79. The Morgan fingerprint density at radius 3 is 2.69 bits per heavy atom. The van der Waals surface area contributed by atoms with Crippen LogP contribution in [0.5, 0.6) is 0 Å². The molecule has 1 unspecified atom stereocenters. The molecule has 5 nitrogen and oxygen atoms in total. The Labute approximate surface area is 172 Å². The normalized spacial score (nSPS) is 16.8. The van der Waals surface area contributed by atoms with E-state index >= 15 is 0 Å². The number of nitrogens with one attached hydrogen (secondary N) is 1. The molecular formula is C24H28N4O. The second-order valence-electron chi connectivity index (χ2n) is 7.89. The van der Waals surface area contributed by atoms with Crippen molar-refractivity contribution < 1.29 is 4.79 Å². The topological polar surface area (TPSA) is 58.1 Å². The third kappa shape index (κ3) is 3.95. The molecule has 0 spiro atoms. The Bertz CT molecular complexity index is 1030. The quantitative estimate of drug-likeness (QED) is 0.662. The molecule has 150 valence electrons. The Morgan fingerprint density at radius 1 is 1.17 bits per heavy atom. The number of hydrogen-bond donors (Lipinski definition) is 1. The van der Waals surface area contributed by atoms with Gasteiger partial charge in [-0.3, -0.25) is 4.79 Å². The van der Waals surface area contributed by atoms with Crippen molar-refractivity contribution in [1.82, 2.24) is 14.9 Å². The SMILES string of the molecule is CCc1ccc(Nc2c(C(=O)N3CCCCC3C)cnc3nc(C)ccc23)cc1. The predicted octanol–water partition coefficient (Wildman–Crippen LogP) is 5.26. The number of amides is 1. The molecule has 0 saturated carbocycles. The van der Waals surface area contributed by atoms with Crippen molar-refractivity contribution in [3.63, 3.8) is 0 Å². The number of carbonyl (C=O) groups excluding carboxylic acids is 1. The first-order valence-electron chi connectivity index (χ1n) is 10.5. The van der Waals surface area contributed by atoms with E-state index in [0.717, 1.165) is 48.3 Å². The van der Waals surface area contributed by atoms with E-state index in [-0.39, 0.29) is 11.9 Å². The number of carbonyl (C=O) groups is 1. The van der Waals surface area contributed by atoms with Crippen LogP contribution < -0.4 is 5.32 Å². The molecule has 1 aromatic carbocycles. The number of hydrogen-bond acceptors (Lipinski definition) is 4. The molecule has 1 aliphatic heterocycles. The fourth-order valence-corrected chi connectivity index (χ4v) is 3.99. The molecule has 0 radical (unpaired) electrons. The second kappa shape index (κ2) is 8.19.